The van der Waals surface area contributed by atoms with Crippen LogP contribution in [0.5, 0.6) is 0 Å². The van der Waals surface area contributed by atoms with Crippen molar-refractivity contribution in [2.45, 2.75) is 84.6 Å². The Morgan fingerprint density at radius 3 is 1.93 bits per heavy atom. The van der Waals surface area contributed by atoms with Crippen LogP contribution in [-0.4, -0.2) is 5.54 Å². The van der Waals surface area contributed by atoms with E-state index < -0.39 is 0 Å². The first-order valence-corrected chi connectivity index (χ1v) is 6.85. The van der Waals surface area contributed by atoms with E-state index in [-0.39, 0.29) is 5.54 Å². The highest BCUT2D eigenvalue weighted by Crippen LogP contribution is 2.24. The molecular weight excluding hydrogens is 182 g/mol. The molecule has 0 saturated carbocycles. The highest BCUT2D eigenvalue weighted by molar-refractivity contribution is 4.85. The molecule has 15 heavy (non-hydrogen) atoms. The molecule has 0 bridgehead atoms. The summed E-state index contributed by atoms with van der Waals surface area (Å²) in [5, 5.41) is 0. The van der Waals surface area contributed by atoms with Gasteiger partial charge in [0.25, 0.3) is 0 Å². The fraction of sp³-hybridized carbons (Fsp3) is 1.00. The summed E-state index contributed by atoms with van der Waals surface area (Å²) < 4.78 is 0. The van der Waals surface area contributed by atoms with Gasteiger partial charge in [0.15, 0.2) is 0 Å². The van der Waals surface area contributed by atoms with Crippen LogP contribution in [0.3, 0.4) is 0 Å². The molecule has 0 aromatic carbocycles. The van der Waals surface area contributed by atoms with Gasteiger partial charge >= 0.3 is 0 Å². The van der Waals surface area contributed by atoms with Gasteiger partial charge in [-0.3, -0.25) is 0 Å². The van der Waals surface area contributed by atoms with E-state index in [2.05, 4.69) is 27.7 Å². The Morgan fingerprint density at radius 1 is 0.933 bits per heavy atom. The predicted octanol–water partition coefficient (Wildman–Crippen LogP) is 4.50. The standard InChI is InChI=1S/C14H31N/c1-5-7-8-9-10-11-12-14(15,6-2)13(3)4/h13H,5-12,15H2,1-4H3. The molecule has 1 heteroatoms. The van der Waals surface area contributed by atoms with Gasteiger partial charge in [-0.2, -0.15) is 0 Å². The summed E-state index contributed by atoms with van der Waals surface area (Å²) in [7, 11) is 0. The average Bonchev–Trinajstić information content (AvgIpc) is 2.22. The maximum absolute atomic E-state index is 6.38. The molecule has 1 nitrogen and oxygen atoms in total. The van der Waals surface area contributed by atoms with E-state index in [0.717, 1.165) is 6.42 Å². The smallest absolute Gasteiger partial charge is 0.0174 e. The molecule has 0 rings (SSSR count). The number of unbranched alkanes of at least 4 members (excludes halogenated alkanes) is 5. The zero-order valence-corrected chi connectivity index (χ0v) is 11.3. The zero-order valence-electron chi connectivity index (χ0n) is 11.3. The van der Waals surface area contributed by atoms with Gasteiger partial charge in [0.1, 0.15) is 0 Å². The van der Waals surface area contributed by atoms with E-state index in [1.54, 1.807) is 0 Å². The Bertz CT molecular complexity index is 142. The minimum absolute atomic E-state index is 0.0881. The first-order valence-electron chi connectivity index (χ1n) is 6.85. The maximum Gasteiger partial charge on any atom is 0.0174 e. The molecule has 1 atom stereocenters. The molecule has 0 amide bonds. The number of hydrogen-bond acceptors (Lipinski definition) is 1. The van der Waals surface area contributed by atoms with Gasteiger partial charge in [-0.05, 0) is 18.8 Å². The van der Waals surface area contributed by atoms with Crippen LogP contribution in [0.25, 0.3) is 0 Å². The minimum atomic E-state index is 0.0881. The molecule has 0 heterocycles. The quantitative estimate of drug-likeness (QED) is 0.561. The topological polar surface area (TPSA) is 26.0 Å². The van der Waals surface area contributed by atoms with E-state index in [1.807, 2.05) is 0 Å². The van der Waals surface area contributed by atoms with E-state index in [4.69, 9.17) is 5.73 Å². The number of hydrogen-bond donors (Lipinski definition) is 1. The van der Waals surface area contributed by atoms with Crippen molar-refractivity contribution in [1.29, 1.82) is 0 Å². The molecule has 0 fully saturated rings. The number of rotatable bonds is 9. The highest BCUT2D eigenvalue weighted by atomic mass is 14.7. The molecule has 2 N–H and O–H groups in total. The van der Waals surface area contributed by atoms with E-state index in [0.29, 0.717) is 5.92 Å². The van der Waals surface area contributed by atoms with Crippen LogP contribution in [-0.2, 0) is 0 Å². The van der Waals surface area contributed by atoms with Crippen molar-refractivity contribution in [3.05, 3.63) is 0 Å². The van der Waals surface area contributed by atoms with Crippen molar-refractivity contribution >= 4 is 0 Å². The van der Waals surface area contributed by atoms with Crippen LogP contribution < -0.4 is 5.73 Å². The fourth-order valence-corrected chi connectivity index (χ4v) is 2.11. The lowest BCUT2D eigenvalue weighted by atomic mass is 9.80. The lowest BCUT2D eigenvalue weighted by molar-refractivity contribution is 0.268. The Hall–Kier alpha value is -0.0400. The first-order chi connectivity index (χ1) is 7.06. The third-order valence-electron chi connectivity index (χ3n) is 3.80. The summed E-state index contributed by atoms with van der Waals surface area (Å²) in [6, 6.07) is 0. The molecule has 0 spiro atoms. The normalized spacial score (nSPS) is 15.6. The van der Waals surface area contributed by atoms with Crippen LogP contribution in [0.4, 0.5) is 0 Å². The highest BCUT2D eigenvalue weighted by Gasteiger charge is 2.25. The number of nitrogens with two attached hydrogens (primary N) is 1. The van der Waals surface area contributed by atoms with Crippen molar-refractivity contribution in [2.24, 2.45) is 11.7 Å². The van der Waals surface area contributed by atoms with Crippen molar-refractivity contribution in [2.75, 3.05) is 0 Å². The van der Waals surface area contributed by atoms with Gasteiger partial charge in [0, 0.05) is 5.54 Å². The summed E-state index contributed by atoms with van der Waals surface area (Å²) in [4.78, 5) is 0. The van der Waals surface area contributed by atoms with E-state index in [1.165, 1.54) is 44.9 Å². The van der Waals surface area contributed by atoms with Crippen molar-refractivity contribution in [3.8, 4) is 0 Å². The molecule has 1 unspecified atom stereocenters. The summed E-state index contributed by atoms with van der Waals surface area (Å²) in [6.45, 7) is 8.99. The lowest BCUT2D eigenvalue weighted by Gasteiger charge is -2.32. The molecule has 0 radical (unpaired) electrons. The Balaban J connectivity index is 3.55. The monoisotopic (exact) mass is 213 g/mol. The second-order valence-corrected chi connectivity index (χ2v) is 5.26. The first kappa shape index (κ1) is 15.0. The van der Waals surface area contributed by atoms with Gasteiger partial charge in [-0.1, -0.05) is 66.2 Å². The van der Waals surface area contributed by atoms with Gasteiger partial charge in [0.05, 0.1) is 0 Å². The molecule has 0 aliphatic heterocycles. The average molecular weight is 213 g/mol. The van der Waals surface area contributed by atoms with Gasteiger partial charge < -0.3 is 5.73 Å². The summed E-state index contributed by atoms with van der Waals surface area (Å²) >= 11 is 0. The summed E-state index contributed by atoms with van der Waals surface area (Å²) in [5.74, 6) is 0.609. The molecule has 0 aliphatic carbocycles. The van der Waals surface area contributed by atoms with Crippen LogP contribution in [0, 0.1) is 5.92 Å². The minimum Gasteiger partial charge on any atom is -0.325 e. The fourth-order valence-electron chi connectivity index (χ4n) is 2.11. The van der Waals surface area contributed by atoms with Crippen LogP contribution in [0.15, 0.2) is 0 Å². The molecule has 0 aromatic rings. The zero-order chi connectivity index (χ0) is 11.7. The second kappa shape index (κ2) is 8.15. The van der Waals surface area contributed by atoms with Crippen molar-refractivity contribution < 1.29 is 0 Å². The van der Waals surface area contributed by atoms with Crippen LogP contribution in [0.1, 0.15) is 79.1 Å². The molecule has 0 aliphatic rings. The van der Waals surface area contributed by atoms with Gasteiger partial charge in [0.2, 0.25) is 0 Å². The van der Waals surface area contributed by atoms with E-state index >= 15 is 0 Å². The summed E-state index contributed by atoms with van der Waals surface area (Å²) in [6.07, 6.45) is 10.5. The lowest BCUT2D eigenvalue weighted by Crippen LogP contribution is -2.44. The third kappa shape index (κ3) is 6.19. The van der Waals surface area contributed by atoms with Crippen LogP contribution >= 0.6 is 0 Å². The van der Waals surface area contributed by atoms with Crippen LogP contribution in [0.2, 0.25) is 0 Å². The van der Waals surface area contributed by atoms with E-state index in [9.17, 15) is 0 Å². The molecule has 92 valence electrons. The summed E-state index contributed by atoms with van der Waals surface area (Å²) in [5.41, 5.74) is 6.47. The SMILES string of the molecule is CCCCCCCCC(N)(CC)C(C)C. The van der Waals surface area contributed by atoms with Crippen molar-refractivity contribution in [3.63, 3.8) is 0 Å². The van der Waals surface area contributed by atoms with Gasteiger partial charge in [-0.25, -0.2) is 0 Å². The molecular formula is C14H31N. The second-order valence-electron chi connectivity index (χ2n) is 5.26. The Labute approximate surface area is 96.8 Å². The predicted molar refractivity (Wildman–Crippen MR) is 70.0 cm³/mol. The third-order valence-corrected chi connectivity index (χ3v) is 3.80. The van der Waals surface area contributed by atoms with Gasteiger partial charge in [-0.15, -0.1) is 0 Å². The molecule has 0 aromatic heterocycles. The largest absolute Gasteiger partial charge is 0.325 e. The van der Waals surface area contributed by atoms with Crippen molar-refractivity contribution in [1.82, 2.24) is 0 Å². The Morgan fingerprint density at radius 2 is 1.47 bits per heavy atom. The maximum atomic E-state index is 6.38. The molecule has 0 saturated heterocycles. The Kier molecular flexibility index (Phi) is 8.13.